The van der Waals surface area contributed by atoms with Crippen LogP contribution in [-0.2, 0) is 17.8 Å². The zero-order valence-corrected chi connectivity index (χ0v) is 13.5. The quantitative estimate of drug-likeness (QED) is 0.596. The van der Waals surface area contributed by atoms with Gasteiger partial charge >= 0.3 is 0 Å². The zero-order chi connectivity index (χ0) is 16.8. The molecule has 2 aromatic rings. The molecule has 0 heterocycles. The van der Waals surface area contributed by atoms with E-state index in [1.54, 1.807) is 23.1 Å². The molecule has 0 fully saturated rings. The van der Waals surface area contributed by atoms with E-state index in [1.165, 1.54) is 12.1 Å². The predicted molar refractivity (Wildman–Crippen MR) is 89.3 cm³/mol. The summed E-state index contributed by atoms with van der Waals surface area (Å²) in [4.78, 5) is 24.3. The minimum atomic E-state index is -0.455. The van der Waals surface area contributed by atoms with Gasteiger partial charge in [0.15, 0.2) is 0 Å². The van der Waals surface area contributed by atoms with E-state index >= 15 is 0 Å². The molecule has 0 saturated heterocycles. The third-order valence-corrected chi connectivity index (χ3v) is 3.73. The lowest BCUT2D eigenvalue weighted by Crippen LogP contribution is -2.31. The molecule has 0 spiro atoms. The molecule has 0 aliphatic carbocycles. The number of carbonyl (C=O) groups is 1. The van der Waals surface area contributed by atoms with Crippen molar-refractivity contribution in [2.45, 2.75) is 19.9 Å². The Hall–Kier alpha value is -2.40. The van der Waals surface area contributed by atoms with Gasteiger partial charge in [0, 0.05) is 30.2 Å². The van der Waals surface area contributed by atoms with Gasteiger partial charge in [0.2, 0.25) is 5.91 Å². The minimum Gasteiger partial charge on any atom is -0.338 e. The number of hydrogen-bond donors (Lipinski definition) is 0. The van der Waals surface area contributed by atoms with Crippen molar-refractivity contribution >= 4 is 23.2 Å². The van der Waals surface area contributed by atoms with Gasteiger partial charge < -0.3 is 4.90 Å². The molecule has 2 rings (SSSR count). The van der Waals surface area contributed by atoms with Crippen LogP contribution in [0.3, 0.4) is 0 Å². The molecule has 23 heavy (non-hydrogen) atoms. The highest BCUT2D eigenvalue weighted by Crippen LogP contribution is 2.15. The first-order chi connectivity index (χ1) is 11.0. The van der Waals surface area contributed by atoms with Gasteiger partial charge in [-0.1, -0.05) is 35.9 Å². The summed E-state index contributed by atoms with van der Waals surface area (Å²) in [6, 6.07) is 13.5. The SMILES string of the molecule is CCN(Cc1cccc(Cl)c1)C(=O)Cc1ccc([N+](=O)[O-])cc1. The van der Waals surface area contributed by atoms with Crippen LogP contribution in [0.5, 0.6) is 0 Å². The van der Waals surface area contributed by atoms with E-state index in [9.17, 15) is 14.9 Å². The summed E-state index contributed by atoms with van der Waals surface area (Å²) in [5.41, 5.74) is 1.74. The molecule has 0 bridgehead atoms. The van der Waals surface area contributed by atoms with E-state index in [2.05, 4.69) is 0 Å². The van der Waals surface area contributed by atoms with Gasteiger partial charge in [-0.15, -0.1) is 0 Å². The van der Waals surface area contributed by atoms with Crippen LogP contribution in [-0.4, -0.2) is 22.3 Å². The van der Waals surface area contributed by atoms with E-state index in [0.29, 0.717) is 18.1 Å². The van der Waals surface area contributed by atoms with Gasteiger partial charge in [0.1, 0.15) is 0 Å². The molecule has 0 aromatic heterocycles. The van der Waals surface area contributed by atoms with Crippen LogP contribution in [0.25, 0.3) is 0 Å². The van der Waals surface area contributed by atoms with Crippen molar-refractivity contribution in [2.75, 3.05) is 6.54 Å². The van der Waals surface area contributed by atoms with Gasteiger partial charge in [-0.2, -0.15) is 0 Å². The van der Waals surface area contributed by atoms with Crippen LogP contribution in [0.15, 0.2) is 48.5 Å². The van der Waals surface area contributed by atoms with Gasteiger partial charge in [0.05, 0.1) is 11.3 Å². The van der Waals surface area contributed by atoms with Gasteiger partial charge in [-0.25, -0.2) is 0 Å². The van der Waals surface area contributed by atoms with Crippen LogP contribution < -0.4 is 0 Å². The van der Waals surface area contributed by atoms with E-state index in [0.717, 1.165) is 11.1 Å². The lowest BCUT2D eigenvalue weighted by molar-refractivity contribution is -0.384. The highest BCUT2D eigenvalue weighted by atomic mass is 35.5. The van der Waals surface area contributed by atoms with Crippen molar-refractivity contribution in [1.29, 1.82) is 0 Å². The second kappa shape index (κ2) is 7.74. The van der Waals surface area contributed by atoms with Gasteiger partial charge in [0.25, 0.3) is 5.69 Å². The summed E-state index contributed by atoms with van der Waals surface area (Å²) in [6.07, 6.45) is 0.215. The maximum absolute atomic E-state index is 12.4. The topological polar surface area (TPSA) is 63.5 Å². The normalized spacial score (nSPS) is 10.3. The number of benzene rings is 2. The first-order valence-electron chi connectivity index (χ1n) is 7.25. The number of nitro groups is 1. The second-order valence-electron chi connectivity index (χ2n) is 5.14. The lowest BCUT2D eigenvalue weighted by atomic mass is 10.1. The summed E-state index contributed by atoms with van der Waals surface area (Å²) in [6.45, 7) is 2.99. The number of carbonyl (C=O) groups excluding carboxylic acids is 1. The van der Waals surface area contributed by atoms with E-state index in [4.69, 9.17) is 11.6 Å². The second-order valence-corrected chi connectivity index (χ2v) is 5.57. The van der Waals surface area contributed by atoms with Crippen molar-refractivity contribution in [1.82, 2.24) is 4.90 Å². The lowest BCUT2D eigenvalue weighted by Gasteiger charge is -2.21. The van der Waals surface area contributed by atoms with Crippen molar-refractivity contribution < 1.29 is 9.72 Å². The number of non-ortho nitro benzene ring substituents is 1. The molecule has 0 aliphatic heterocycles. The third-order valence-electron chi connectivity index (χ3n) is 3.50. The van der Waals surface area contributed by atoms with Crippen LogP contribution in [0.2, 0.25) is 5.02 Å². The summed E-state index contributed by atoms with van der Waals surface area (Å²) in [5, 5.41) is 11.3. The molecule has 0 aliphatic rings. The average molecular weight is 333 g/mol. The van der Waals surface area contributed by atoms with E-state index in [-0.39, 0.29) is 18.0 Å². The molecule has 2 aromatic carbocycles. The molecule has 6 heteroatoms. The van der Waals surface area contributed by atoms with Crippen molar-refractivity contribution in [2.24, 2.45) is 0 Å². The fourth-order valence-electron chi connectivity index (χ4n) is 2.25. The highest BCUT2D eigenvalue weighted by molar-refractivity contribution is 6.30. The first kappa shape index (κ1) is 17.0. The number of likely N-dealkylation sites (N-methyl/N-ethyl adjacent to an activating group) is 1. The molecule has 5 nitrogen and oxygen atoms in total. The Morgan fingerprint density at radius 2 is 1.87 bits per heavy atom. The molecular formula is C17H17ClN2O3. The number of nitrogens with zero attached hydrogens (tertiary/aromatic N) is 2. The Morgan fingerprint density at radius 1 is 1.17 bits per heavy atom. The number of rotatable bonds is 6. The minimum absolute atomic E-state index is 0.0208. The fraction of sp³-hybridized carbons (Fsp3) is 0.235. The Bertz CT molecular complexity index is 701. The van der Waals surface area contributed by atoms with E-state index in [1.807, 2.05) is 25.1 Å². The standard InChI is InChI=1S/C17H17ClN2O3/c1-2-19(12-14-4-3-5-15(18)10-14)17(21)11-13-6-8-16(9-7-13)20(22)23/h3-10H,2,11-12H2,1H3. The average Bonchev–Trinajstić information content (AvgIpc) is 2.53. The monoisotopic (exact) mass is 332 g/mol. The molecule has 0 atom stereocenters. The fourth-order valence-corrected chi connectivity index (χ4v) is 2.47. The summed E-state index contributed by atoms with van der Waals surface area (Å²) < 4.78 is 0. The van der Waals surface area contributed by atoms with Gasteiger partial charge in [-0.3, -0.25) is 14.9 Å². The zero-order valence-electron chi connectivity index (χ0n) is 12.7. The number of amides is 1. The van der Waals surface area contributed by atoms with Crippen molar-refractivity contribution in [3.8, 4) is 0 Å². The van der Waals surface area contributed by atoms with Crippen LogP contribution >= 0.6 is 11.6 Å². The largest absolute Gasteiger partial charge is 0.338 e. The van der Waals surface area contributed by atoms with E-state index < -0.39 is 4.92 Å². The number of hydrogen-bond acceptors (Lipinski definition) is 3. The Balaban J connectivity index is 2.03. The predicted octanol–water partition coefficient (Wildman–Crippen LogP) is 3.84. The molecular weight excluding hydrogens is 316 g/mol. The Labute approximate surface area is 139 Å². The van der Waals surface area contributed by atoms with Crippen molar-refractivity contribution in [3.05, 3.63) is 74.8 Å². The van der Waals surface area contributed by atoms with Crippen LogP contribution in [0.4, 0.5) is 5.69 Å². The third kappa shape index (κ3) is 4.79. The molecule has 120 valence electrons. The first-order valence-corrected chi connectivity index (χ1v) is 7.63. The molecule has 1 amide bonds. The molecule has 0 radical (unpaired) electrons. The number of nitro benzene ring substituents is 1. The summed E-state index contributed by atoms with van der Waals surface area (Å²) in [7, 11) is 0. The maximum atomic E-state index is 12.4. The summed E-state index contributed by atoms with van der Waals surface area (Å²) in [5.74, 6) is -0.0265. The van der Waals surface area contributed by atoms with Crippen molar-refractivity contribution in [3.63, 3.8) is 0 Å². The maximum Gasteiger partial charge on any atom is 0.269 e. The highest BCUT2D eigenvalue weighted by Gasteiger charge is 2.14. The van der Waals surface area contributed by atoms with Crippen LogP contribution in [0.1, 0.15) is 18.1 Å². The smallest absolute Gasteiger partial charge is 0.269 e. The Morgan fingerprint density at radius 3 is 2.43 bits per heavy atom. The Kier molecular flexibility index (Phi) is 5.71. The molecule has 0 N–H and O–H groups in total. The van der Waals surface area contributed by atoms with Crippen LogP contribution in [0, 0.1) is 10.1 Å². The molecule has 0 unspecified atom stereocenters. The number of halogens is 1. The van der Waals surface area contributed by atoms with Gasteiger partial charge in [-0.05, 0) is 30.2 Å². The molecule has 0 saturated carbocycles. The summed E-state index contributed by atoms with van der Waals surface area (Å²) >= 11 is 5.96.